The predicted octanol–water partition coefficient (Wildman–Crippen LogP) is 1.39. The van der Waals surface area contributed by atoms with Gasteiger partial charge in [-0.3, -0.25) is 9.59 Å². The first-order valence-electron chi connectivity index (χ1n) is 8.97. The van der Waals surface area contributed by atoms with Gasteiger partial charge in [-0.05, 0) is 24.7 Å². The van der Waals surface area contributed by atoms with Crippen LogP contribution in [0.3, 0.4) is 0 Å². The number of benzene rings is 1. The third-order valence-corrected chi connectivity index (χ3v) is 4.40. The molecule has 0 aliphatic carbocycles. The molecule has 0 saturated carbocycles. The fourth-order valence-electron chi connectivity index (χ4n) is 2.74. The van der Waals surface area contributed by atoms with E-state index in [1.807, 2.05) is 12.1 Å². The van der Waals surface area contributed by atoms with Crippen LogP contribution in [0.25, 0.3) is 0 Å². The minimum absolute atomic E-state index is 0.0306. The van der Waals surface area contributed by atoms with Crippen LogP contribution in [0, 0.1) is 0 Å². The molecular weight excluding hydrogens is 318 g/mol. The molecular formula is C19H29N3O3. The van der Waals surface area contributed by atoms with Gasteiger partial charge in [-0.15, -0.1) is 0 Å². The van der Waals surface area contributed by atoms with Gasteiger partial charge in [0, 0.05) is 39.0 Å². The van der Waals surface area contributed by atoms with Crippen molar-refractivity contribution < 1.29 is 14.3 Å². The molecule has 2 amide bonds. The maximum atomic E-state index is 12.0. The normalized spacial score (nSPS) is 14.6. The average molecular weight is 347 g/mol. The number of rotatable bonds is 8. The van der Waals surface area contributed by atoms with Crippen molar-refractivity contribution in [3.05, 3.63) is 35.4 Å². The zero-order valence-electron chi connectivity index (χ0n) is 15.3. The Labute approximate surface area is 150 Å². The van der Waals surface area contributed by atoms with Gasteiger partial charge < -0.3 is 19.9 Å². The van der Waals surface area contributed by atoms with Crippen LogP contribution in [0.1, 0.15) is 30.9 Å². The standard InChI is InChI=1S/C19H29N3O3/c1-3-21(2)15-17-6-4-5-16(13-17)14-20-18(23)7-8-19(24)22-9-11-25-12-10-22/h4-6,13H,3,7-12,14-15H2,1-2H3,(H,20,23). The monoisotopic (exact) mass is 347 g/mol. The minimum Gasteiger partial charge on any atom is -0.378 e. The second kappa shape index (κ2) is 10.2. The molecule has 0 aromatic heterocycles. The number of amides is 2. The number of ether oxygens (including phenoxy) is 1. The SMILES string of the molecule is CCN(C)Cc1cccc(CNC(=O)CCC(=O)N2CCOCC2)c1. The Kier molecular flexibility index (Phi) is 7.88. The second-order valence-electron chi connectivity index (χ2n) is 6.42. The van der Waals surface area contributed by atoms with Crippen LogP contribution in [0.2, 0.25) is 0 Å². The Bertz CT molecular complexity index is 571. The van der Waals surface area contributed by atoms with E-state index in [1.54, 1.807) is 4.90 Å². The molecule has 2 rings (SSSR count). The first-order valence-corrected chi connectivity index (χ1v) is 8.97. The summed E-state index contributed by atoms with van der Waals surface area (Å²) in [5.41, 5.74) is 2.31. The largest absolute Gasteiger partial charge is 0.378 e. The van der Waals surface area contributed by atoms with E-state index in [0.29, 0.717) is 32.8 Å². The van der Waals surface area contributed by atoms with Crippen LogP contribution in [0.5, 0.6) is 0 Å². The topological polar surface area (TPSA) is 61.9 Å². The van der Waals surface area contributed by atoms with Gasteiger partial charge >= 0.3 is 0 Å². The number of nitrogens with zero attached hydrogens (tertiary/aromatic N) is 2. The lowest BCUT2D eigenvalue weighted by Gasteiger charge is -2.26. The average Bonchev–Trinajstić information content (AvgIpc) is 2.65. The molecule has 0 bridgehead atoms. The summed E-state index contributed by atoms with van der Waals surface area (Å²) >= 11 is 0. The third-order valence-electron chi connectivity index (χ3n) is 4.40. The fourth-order valence-corrected chi connectivity index (χ4v) is 2.74. The molecule has 1 aromatic carbocycles. The Morgan fingerprint density at radius 3 is 2.64 bits per heavy atom. The molecule has 1 aromatic rings. The van der Waals surface area contributed by atoms with E-state index in [-0.39, 0.29) is 24.7 Å². The lowest BCUT2D eigenvalue weighted by atomic mass is 10.1. The van der Waals surface area contributed by atoms with E-state index in [9.17, 15) is 9.59 Å². The molecule has 1 heterocycles. The summed E-state index contributed by atoms with van der Waals surface area (Å²) in [6, 6.07) is 8.24. The molecule has 1 aliphatic rings. The van der Waals surface area contributed by atoms with Crippen LogP contribution >= 0.6 is 0 Å². The van der Waals surface area contributed by atoms with Gasteiger partial charge in [0.15, 0.2) is 0 Å². The number of hydrogen-bond acceptors (Lipinski definition) is 4. The highest BCUT2D eigenvalue weighted by Gasteiger charge is 2.17. The molecule has 1 fully saturated rings. The van der Waals surface area contributed by atoms with Crippen molar-refractivity contribution in [2.75, 3.05) is 39.9 Å². The number of morpholine rings is 1. The van der Waals surface area contributed by atoms with Crippen LogP contribution in [-0.4, -0.2) is 61.5 Å². The summed E-state index contributed by atoms with van der Waals surface area (Å²) in [5, 5.41) is 2.90. The van der Waals surface area contributed by atoms with Gasteiger partial charge in [0.1, 0.15) is 0 Å². The van der Waals surface area contributed by atoms with Gasteiger partial charge in [0.2, 0.25) is 11.8 Å². The van der Waals surface area contributed by atoms with Crippen LogP contribution in [-0.2, 0) is 27.4 Å². The van der Waals surface area contributed by atoms with Crippen molar-refractivity contribution in [3.63, 3.8) is 0 Å². The number of carbonyl (C=O) groups is 2. The lowest BCUT2D eigenvalue weighted by Crippen LogP contribution is -2.41. The number of nitrogens with one attached hydrogen (secondary N) is 1. The van der Waals surface area contributed by atoms with Crippen molar-refractivity contribution in [1.82, 2.24) is 15.1 Å². The van der Waals surface area contributed by atoms with Crippen molar-refractivity contribution in [2.24, 2.45) is 0 Å². The Morgan fingerprint density at radius 2 is 1.92 bits per heavy atom. The van der Waals surface area contributed by atoms with E-state index in [2.05, 4.69) is 36.3 Å². The van der Waals surface area contributed by atoms with E-state index >= 15 is 0 Å². The first-order chi connectivity index (χ1) is 12.1. The van der Waals surface area contributed by atoms with E-state index in [4.69, 9.17) is 4.74 Å². The highest BCUT2D eigenvalue weighted by Crippen LogP contribution is 2.08. The molecule has 0 spiro atoms. The summed E-state index contributed by atoms with van der Waals surface area (Å²) in [6.07, 6.45) is 0.488. The third kappa shape index (κ3) is 6.84. The predicted molar refractivity (Wildman–Crippen MR) is 96.9 cm³/mol. The van der Waals surface area contributed by atoms with Crippen LogP contribution < -0.4 is 5.32 Å². The summed E-state index contributed by atoms with van der Waals surface area (Å²) in [5.74, 6) is -0.0549. The maximum absolute atomic E-state index is 12.0. The van der Waals surface area contributed by atoms with Gasteiger partial charge in [-0.2, -0.15) is 0 Å². The highest BCUT2D eigenvalue weighted by atomic mass is 16.5. The zero-order chi connectivity index (χ0) is 18.1. The van der Waals surface area contributed by atoms with Crippen molar-refractivity contribution in [1.29, 1.82) is 0 Å². The molecule has 1 aliphatic heterocycles. The minimum atomic E-state index is -0.0855. The fraction of sp³-hybridized carbons (Fsp3) is 0.579. The van der Waals surface area contributed by atoms with Crippen LogP contribution in [0.4, 0.5) is 0 Å². The molecule has 0 unspecified atom stereocenters. The molecule has 138 valence electrons. The summed E-state index contributed by atoms with van der Waals surface area (Å²) in [6.45, 7) is 6.93. The summed E-state index contributed by atoms with van der Waals surface area (Å²) < 4.78 is 5.23. The second-order valence-corrected chi connectivity index (χ2v) is 6.42. The summed E-state index contributed by atoms with van der Waals surface area (Å²) in [4.78, 5) is 28.0. The van der Waals surface area contributed by atoms with E-state index in [1.165, 1.54) is 5.56 Å². The van der Waals surface area contributed by atoms with Crippen molar-refractivity contribution in [3.8, 4) is 0 Å². The molecule has 25 heavy (non-hydrogen) atoms. The Hall–Kier alpha value is -1.92. The molecule has 0 radical (unpaired) electrons. The molecule has 6 nitrogen and oxygen atoms in total. The molecule has 1 N–H and O–H groups in total. The quantitative estimate of drug-likeness (QED) is 0.772. The number of carbonyl (C=O) groups excluding carboxylic acids is 2. The first kappa shape index (κ1) is 19.4. The molecule has 1 saturated heterocycles. The van der Waals surface area contributed by atoms with Gasteiger partial charge in [-0.25, -0.2) is 0 Å². The van der Waals surface area contributed by atoms with Crippen LogP contribution in [0.15, 0.2) is 24.3 Å². The Morgan fingerprint density at radius 1 is 1.20 bits per heavy atom. The smallest absolute Gasteiger partial charge is 0.223 e. The summed E-state index contributed by atoms with van der Waals surface area (Å²) in [7, 11) is 2.08. The van der Waals surface area contributed by atoms with Gasteiger partial charge in [-0.1, -0.05) is 31.2 Å². The van der Waals surface area contributed by atoms with Gasteiger partial charge in [0.05, 0.1) is 13.2 Å². The Balaban J connectivity index is 1.72. The zero-order valence-corrected chi connectivity index (χ0v) is 15.3. The van der Waals surface area contributed by atoms with E-state index < -0.39 is 0 Å². The van der Waals surface area contributed by atoms with Gasteiger partial charge in [0.25, 0.3) is 0 Å². The van der Waals surface area contributed by atoms with Crippen molar-refractivity contribution >= 4 is 11.8 Å². The molecule has 6 heteroatoms. The lowest BCUT2D eigenvalue weighted by molar-refractivity contribution is -0.137. The maximum Gasteiger partial charge on any atom is 0.223 e. The van der Waals surface area contributed by atoms with Crippen molar-refractivity contribution in [2.45, 2.75) is 32.9 Å². The highest BCUT2D eigenvalue weighted by molar-refractivity contribution is 5.83. The molecule has 0 atom stereocenters. The number of hydrogen-bond donors (Lipinski definition) is 1. The van der Waals surface area contributed by atoms with E-state index in [0.717, 1.165) is 18.7 Å².